The van der Waals surface area contributed by atoms with Crippen molar-refractivity contribution in [2.75, 3.05) is 106 Å². The van der Waals surface area contributed by atoms with Crippen molar-refractivity contribution in [2.45, 2.75) is 90.4 Å². The van der Waals surface area contributed by atoms with Gasteiger partial charge in [-0.05, 0) is 119 Å². The van der Waals surface area contributed by atoms with Crippen LogP contribution in [-0.4, -0.2) is 176 Å². The van der Waals surface area contributed by atoms with Crippen LogP contribution >= 0.6 is 0 Å². The van der Waals surface area contributed by atoms with Gasteiger partial charge in [-0.1, -0.05) is 68.8 Å². The highest BCUT2D eigenvalue weighted by Gasteiger charge is 2.38. The molecule has 0 spiro atoms. The minimum Gasteiger partial charge on any atom is -0.397 e. The van der Waals surface area contributed by atoms with Crippen LogP contribution in [0.2, 0.25) is 0 Å². The molecule has 0 atom stereocenters. The van der Waals surface area contributed by atoms with E-state index in [4.69, 9.17) is 40.5 Å². The lowest BCUT2D eigenvalue weighted by Crippen LogP contribution is -2.36. The largest absolute Gasteiger partial charge is 0.397 e. The molecular weight excluding hydrogens is 1160 g/mol. The summed E-state index contributed by atoms with van der Waals surface area (Å²) in [6, 6.07) is 29.3. The first kappa shape index (κ1) is 65.2. The summed E-state index contributed by atoms with van der Waals surface area (Å²) in [7, 11) is -4.17. The number of anilines is 2. The van der Waals surface area contributed by atoms with Crippen molar-refractivity contribution in [3.05, 3.63) is 131 Å². The van der Waals surface area contributed by atoms with Gasteiger partial charge in [-0.3, -0.25) is 24.1 Å². The van der Waals surface area contributed by atoms with E-state index in [1.54, 1.807) is 62.2 Å². The van der Waals surface area contributed by atoms with Gasteiger partial charge in [-0.2, -0.15) is 10.2 Å². The number of ketones is 2. The molecule has 7 aromatic rings. The number of ether oxygens (including phenoxy) is 2. The number of para-hydroxylation sites is 2. The number of pyridine rings is 2. The molecule has 21 nitrogen and oxygen atoms in total. The number of aliphatic hydroxyl groups is 1. The van der Waals surface area contributed by atoms with E-state index < -0.39 is 60.3 Å². The standard InChI is InChI=1S/C35H37N5O6S.C27H35N5O4S.C2H6O.CH4/c1-46-21-23-14-16-38(17-15-23)29-20-28(36-33-31(29)32(24-8-7-9-24)37-40(33)25-10-3-2-4-11-25)30(41)22-47(44,45)19-18-39-34(42)26-12-5-6-13-27(26)35(39)43;1-36-17-19-10-13-31(14-11-19)23-16-22(24(33)18-37(34,35)15-12-28)29-27-25(23)26(20-6-5-7-20)30-32(27)21-8-3-2-4-9-21;1-2-3;/h2-6,10-13,20,23-24H,7-9,14-19,21-22H2,1H3;2-4,8-9,16,19-20H,5-7,10-15,17-18,28H2,1H3;3H,2H2,1H3;1H4. The Morgan fingerprint density at radius 1 is 0.591 bits per heavy atom. The van der Waals surface area contributed by atoms with E-state index in [1.165, 1.54) is 6.42 Å². The van der Waals surface area contributed by atoms with Crippen LogP contribution in [0.4, 0.5) is 11.4 Å². The molecule has 3 N–H and O–H groups in total. The lowest BCUT2D eigenvalue weighted by Gasteiger charge is -2.34. The van der Waals surface area contributed by atoms with Crippen LogP contribution < -0.4 is 15.5 Å². The number of sulfone groups is 2. The number of rotatable bonds is 21. The van der Waals surface area contributed by atoms with Crippen LogP contribution in [0.5, 0.6) is 0 Å². The second-order valence-electron chi connectivity index (χ2n) is 23.2. The molecule has 23 heteroatoms. The lowest BCUT2D eigenvalue weighted by atomic mass is 9.81. The summed E-state index contributed by atoms with van der Waals surface area (Å²) in [4.78, 5) is 67.7. The molecule has 0 bridgehead atoms. The van der Waals surface area contributed by atoms with Crippen molar-refractivity contribution < 1.29 is 50.6 Å². The van der Waals surface area contributed by atoms with Gasteiger partial charge in [0.1, 0.15) is 22.9 Å². The monoisotopic (exact) mass is 1240 g/mol. The van der Waals surface area contributed by atoms with Gasteiger partial charge in [-0.15, -0.1) is 0 Å². The number of aromatic nitrogens is 6. The Morgan fingerprint density at radius 2 is 0.966 bits per heavy atom. The average molecular weight is 1240 g/mol. The highest BCUT2D eigenvalue weighted by Crippen LogP contribution is 2.45. The third-order valence-electron chi connectivity index (χ3n) is 17.2. The molecule has 3 aromatic carbocycles. The number of aliphatic hydroxyl groups excluding tert-OH is 1. The molecule has 7 heterocycles. The Morgan fingerprint density at radius 3 is 1.32 bits per heavy atom. The SMILES string of the molecule is C.CCO.COCC1CCN(c2cc(C(=O)CS(=O)(=O)CCN)nc3c2c(C2CCC2)nn3-c2ccccc2)CC1.COCC1CCN(c2cc(C(=O)CS(=O)(=O)CCN3C(=O)c4ccccc4C3=O)nc3c2c(C2CCC2)nn3-c2ccccc2)CC1. The summed E-state index contributed by atoms with van der Waals surface area (Å²) >= 11 is 0. The Bertz CT molecular complexity index is 3800. The molecule has 4 fully saturated rings. The Hall–Kier alpha value is -7.28. The zero-order valence-corrected chi connectivity index (χ0v) is 51.4. The number of Topliss-reactive ketones (excluding diaryl/α,β-unsaturated/α-hetero) is 2. The fourth-order valence-electron chi connectivity index (χ4n) is 12.2. The first-order chi connectivity index (χ1) is 42.0. The third kappa shape index (κ3) is 14.4. The van der Waals surface area contributed by atoms with Gasteiger partial charge >= 0.3 is 0 Å². The number of nitrogens with zero attached hydrogens (tertiary/aromatic N) is 9. The molecule has 4 aromatic heterocycles. The molecule has 2 amide bonds. The average Bonchev–Trinajstić information content (AvgIpc) is 2.19. The van der Waals surface area contributed by atoms with Crippen LogP contribution in [0.15, 0.2) is 97.1 Å². The molecule has 2 aliphatic carbocycles. The molecule has 12 rings (SSSR count). The van der Waals surface area contributed by atoms with E-state index in [-0.39, 0.29) is 61.3 Å². The number of methoxy groups -OCH3 is 2. The molecule has 0 radical (unpaired) electrons. The normalized spacial score (nSPS) is 16.8. The number of hydrogen-bond acceptors (Lipinski definition) is 18. The number of fused-ring (bicyclic) bond motifs is 3. The first-order valence-corrected chi connectivity index (χ1v) is 33.9. The molecule has 2 saturated carbocycles. The van der Waals surface area contributed by atoms with Crippen molar-refractivity contribution in [1.82, 2.24) is 34.4 Å². The smallest absolute Gasteiger partial charge is 0.261 e. The third-order valence-corrected chi connectivity index (χ3v) is 20.3. The van der Waals surface area contributed by atoms with Gasteiger partial charge in [0, 0.05) is 85.1 Å². The van der Waals surface area contributed by atoms with Gasteiger partial charge in [-0.25, -0.2) is 36.2 Å². The van der Waals surface area contributed by atoms with Crippen molar-refractivity contribution in [2.24, 2.45) is 17.6 Å². The highest BCUT2D eigenvalue weighted by molar-refractivity contribution is 7.92. The zero-order chi connectivity index (χ0) is 61.4. The number of amides is 2. The van der Waals surface area contributed by atoms with E-state index in [9.17, 15) is 36.0 Å². The van der Waals surface area contributed by atoms with Crippen molar-refractivity contribution in [3.8, 4) is 11.4 Å². The summed E-state index contributed by atoms with van der Waals surface area (Å²) in [6.45, 7) is 6.19. The van der Waals surface area contributed by atoms with Gasteiger partial charge < -0.3 is 30.1 Å². The number of imide groups is 1. The van der Waals surface area contributed by atoms with E-state index in [2.05, 4.69) is 9.80 Å². The van der Waals surface area contributed by atoms with Gasteiger partial charge in [0.15, 0.2) is 42.5 Å². The van der Waals surface area contributed by atoms with E-state index >= 15 is 0 Å². The molecule has 0 unspecified atom stereocenters. The minimum absolute atomic E-state index is 0. The molecule has 5 aliphatic rings. The highest BCUT2D eigenvalue weighted by atomic mass is 32.2. The molecule has 88 heavy (non-hydrogen) atoms. The number of benzene rings is 3. The fraction of sp³-hybridized carbons (Fsp3) is 0.477. The predicted molar refractivity (Wildman–Crippen MR) is 341 cm³/mol. The second-order valence-corrected chi connectivity index (χ2v) is 27.6. The second kappa shape index (κ2) is 28.9. The van der Waals surface area contributed by atoms with Crippen LogP contribution in [0, 0.1) is 11.8 Å². The minimum atomic E-state index is -4.01. The number of hydrogen-bond donors (Lipinski definition) is 2. The van der Waals surface area contributed by atoms with Gasteiger partial charge in [0.2, 0.25) is 0 Å². The maximum atomic E-state index is 13.8. The maximum Gasteiger partial charge on any atom is 0.261 e. The van der Waals surface area contributed by atoms with Crippen molar-refractivity contribution in [1.29, 1.82) is 0 Å². The summed E-state index contributed by atoms with van der Waals surface area (Å²) in [5.41, 5.74) is 12.7. The summed E-state index contributed by atoms with van der Waals surface area (Å²) in [5.74, 6) is -2.79. The predicted octanol–water partition coefficient (Wildman–Crippen LogP) is 8.19. The van der Waals surface area contributed by atoms with Crippen molar-refractivity contribution >= 4 is 76.5 Å². The fourth-order valence-corrected chi connectivity index (χ4v) is 14.4. The van der Waals surface area contributed by atoms with Gasteiger partial charge in [0.25, 0.3) is 11.8 Å². The van der Waals surface area contributed by atoms with Crippen molar-refractivity contribution in [3.63, 3.8) is 0 Å². The Labute approximate surface area is 515 Å². The Balaban J connectivity index is 0.000000204. The lowest BCUT2D eigenvalue weighted by molar-refractivity contribution is 0.0663. The molecule has 2 saturated heterocycles. The van der Waals surface area contributed by atoms with Crippen LogP contribution in [0.25, 0.3) is 33.4 Å². The Kier molecular flexibility index (Phi) is 21.4. The zero-order valence-electron chi connectivity index (χ0n) is 49.8. The quantitative estimate of drug-likeness (QED) is 0.0507. The maximum absolute atomic E-state index is 13.8. The summed E-state index contributed by atoms with van der Waals surface area (Å²) < 4.78 is 65.8. The topological polar surface area (TPSA) is 272 Å². The first-order valence-electron chi connectivity index (χ1n) is 30.2. The number of carbonyl (C=O) groups is 4. The number of nitrogens with two attached hydrogens (primary N) is 1. The molecular formula is C65H82N10O11S2. The van der Waals surface area contributed by atoms with Gasteiger partial charge in [0.05, 0.1) is 67.5 Å². The van der Waals surface area contributed by atoms with Crippen LogP contribution in [-0.2, 0) is 29.1 Å². The molecule has 3 aliphatic heterocycles. The van der Waals surface area contributed by atoms with Crippen LogP contribution in [0.1, 0.15) is 143 Å². The number of piperidine rings is 2. The van der Waals surface area contributed by atoms with E-state index in [1.807, 2.05) is 65.3 Å². The summed E-state index contributed by atoms with van der Waals surface area (Å²) in [5, 5.41) is 19.6. The summed E-state index contributed by atoms with van der Waals surface area (Å²) in [6.07, 6.45) is 10.3. The molecule has 470 valence electrons. The van der Waals surface area contributed by atoms with E-state index in [0.717, 1.165) is 140 Å². The van der Waals surface area contributed by atoms with E-state index in [0.29, 0.717) is 35.7 Å². The number of carbonyl (C=O) groups excluding carboxylic acids is 4. The van der Waals surface area contributed by atoms with Crippen LogP contribution in [0.3, 0.4) is 0 Å².